The van der Waals surface area contributed by atoms with E-state index in [1.807, 2.05) is 72.2 Å². The Morgan fingerprint density at radius 3 is 2.71 bits per heavy atom. The molecular formula is C25H27N3O3. The Labute approximate surface area is 181 Å². The average molecular weight is 418 g/mol. The maximum Gasteiger partial charge on any atom is 0.271 e. The van der Waals surface area contributed by atoms with Crippen molar-refractivity contribution in [3.63, 3.8) is 0 Å². The van der Waals surface area contributed by atoms with E-state index in [1.54, 1.807) is 4.90 Å². The minimum Gasteiger partial charge on any atom is -0.376 e. The molecule has 0 spiro atoms. The van der Waals surface area contributed by atoms with Crippen molar-refractivity contribution in [1.29, 1.82) is 0 Å². The molecular weight excluding hydrogens is 390 g/mol. The van der Waals surface area contributed by atoms with Crippen LogP contribution in [0.5, 0.6) is 0 Å². The Balaban J connectivity index is 1.52. The zero-order chi connectivity index (χ0) is 21.4. The number of rotatable bonds is 5. The largest absolute Gasteiger partial charge is 0.376 e. The predicted molar refractivity (Wildman–Crippen MR) is 119 cm³/mol. The highest BCUT2D eigenvalue weighted by Crippen LogP contribution is 2.33. The molecule has 2 atom stereocenters. The van der Waals surface area contributed by atoms with Gasteiger partial charge < -0.3 is 19.5 Å². The molecule has 31 heavy (non-hydrogen) atoms. The molecule has 1 saturated heterocycles. The van der Waals surface area contributed by atoms with E-state index in [1.165, 1.54) is 0 Å². The minimum atomic E-state index is -1.01. The van der Waals surface area contributed by atoms with Crippen LogP contribution >= 0.6 is 0 Å². The van der Waals surface area contributed by atoms with Gasteiger partial charge in [-0.05, 0) is 37.5 Å². The number of carbonyl (C=O) groups excluding carboxylic acids is 2. The van der Waals surface area contributed by atoms with E-state index >= 15 is 0 Å². The van der Waals surface area contributed by atoms with Crippen LogP contribution in [0.3, 0.4) is 0 Å². The molecule has 160 valence electrons. The number of carbonyl (C=O) groups is 2. The Bertz CT molecular complexity index is 1120. The summed E-state index contributed by atoms with van der Waals surface area (Å²) < 4.78 is 7.66. The topological polar surface area (TPSA) is 63.6 Å². The second-order valence-electron chi connectivity index (χ2n) is 8.67. The molecule has 2 aliphatic rings. The molecule has 2 amide bonds. The number of benzene rings is 2. The van der Waals surface area contributed by atoms with Crippen LogP contribution in [0.4, 0.5) is 0 Å². The molecule has 1 N–H and O–H groups in total. The first kappa shape index (κ1) is 19.8. The van der Waals surface area contributed by atoms with Crippen LogP contribution in [0.1, 0.15) is 35.8 Å². The van der Waals surface area contributed by atoms with Crippen molar-refractivity contribution in [2.75, 3.05) is 13.2 Å². The van der Waals surface area contributed by atoms with Gasteiger partial charge in [-0.25, -0.2) is 0 Å². The number of nitrogens with one attached hydrogen (secondary N) is 1. The predicted octanol–water partition coefficient (Wildman–Crippen LogP) is 3.35. The molecule has 0 aliphatic carbocycles. The van der Waals surface area contributed by atoms with Crippen molar-refractivity contribution in [2.24, 2.45) is 0 Å². The van der Waals surface area contributed by atoms with Crippen molar-refractivity contribution in [3.8, 4) is 0 Å². The zero-order valence-corrected chi connectivity index (χ0v) is 17.7. The summed E-state index contributed by atoms with van der Waals surface area (Å²) in [5.41, 5.74) is 1.59. The quantitative estimate of drug-likeness (QED) is 0.693. The van der Waals surface area contributed by atoms with Gasteiger partial charge >= 0.3 is 0 Å². The Hall–Kier alpha value is -3.12. The maximum atomic E-state index is 13.7. The van der Waals surface area contributed by atoms with Crippen molar-refractivity contribution in [1.82, 2.24) is 14.8 Å². The van der Waals surface area contributed by atoms with Crippen LogP contribution < -0.4 is 5.32 Å². The fourth-order valence-corrected chi connectivity index (χ4v) is 4.72. The summed E-state index contributed by atoms with van der Waals surface area (Å²) in [5.74, 6) is -0.267. The number of hydrogen-bond donors (Lipinski definition) is 1. The number of hydrogen-bond acceptors (Lipinski definition) is 3. The van der Waals surface area contributed by atoms with Crippen LogP contribution in [-0.4, -0.2) is 46.1 Å². The highest BCUT2D eigenvalue weighted by molar-refractivity contribution is 6.03. The lowest BCUT2D eigenvalue weighted by Gasteiger charge is -2.44. The van der Waals surface area contributed by atoms with Crippen LogP contribution in [0.2, 0.25) is 0 Å². The number of amides is 2. The molecule has 3 heterocycles. The molecule has 1 fully saturated rings. The zero-order valence-electron chi connectivity index (χ0n) is 17.7. The van der Waals surface area contributed by atoms with E-state index in [9.17, 15) is 9.59 Å². The van der Waals surface area contributed by atoms with E-state index in [4.69, 9.17) is 4.74 Å². The first-order chi connectivity index (χ1) is 15.1. The van der Waals surface area contributed by atoms with Crippen LogP contribution in [0.15, 0.2) is 60.7 Å². The smallest absolute Gasteiger partial charge is 0.271 e. The first-order valence-corrected chi connectivity index (χ1v) is 10.9. The van der Waals surface area contributed by atoms with Crippen molar-refractivity contribution in [2.45, 2.75) is 44.5 Å². The van der Waals surface area contributed by atoms with Crippen molar-refractivity contribution in [3.05, 3.63) is 71.9 Å². The van der Waals surface area contributed by atoms with Crippen LogP contribution in [0.25, 0.3) is 10.9 Å². The first-order valence-electron chi connectivity index (χ1n) is 10.9. The second kappa shape index (κ2) is 7.85. The molecule has 6 nitrogen and oxygen atoms in total. The highest BCUT2D eigenvalue weighted by atomic mass is 16.5. The fraction of sp³-hybridized carbons (Fsp3) is 0.360. The summed E-state index contributed by atoms with van der Waals surface area (Å²) in [6.07, 6.45) is 2.03. The highest BCUT2D eigenvalue weighted by Gasteiger charge is 2.47. The van der Waals surface area contributed by atoms with Gasteiger partial charge in [-0.3, -0.25) is 9.59 Å². The number of para-hydroxylation sites is 1. The van der Waals surface area contributed by atoms with E-state index in [0.29, 0.717) is 25.3 Å². The van der Waals surface area contributed by atoms with Gasteiger partial charge in [-0.15, -0.1) is 0 Å². The monoisotopic (exact) mass is 417 g/mol. The summed E-state index contributed by atoms with van der Waals surface area (Å²) in [6, 6.07) is 19.7. The van der Waals surface area contributed by atoms with E-state index in [2.05, 4.69) is 5.32 Å². The van der Waals surface area contributed by atoms with E-state index in [0.717, 1.165) is 35.9 Å². The Kier molecular flexibility index (Phi) is 5.02. The van der Waals surface area contributed by atoms with E-state index < -0.39 is 5.54 Å². The lowest BCUT2D eigenvalue weighted by molar-refractivity contribution is -0.133. The third kappa shape index (κ3) is 3.51. The lowest BCUT2D eigenvalue weighted by atomic mass is 9.93. The third-order valence-electron chi connectivity index (χ3n) is 6.52. The molecule has 2 aromatic carbocycles. The third-order valence-corrected chi connectivity index (χ3v) is 6.52. The number of nitrogens with zero attached hydrogens (tertiary/aromatic N) is 2. The molecule has 1 aromatic heterocycles. The summed E-state index contributed by atoms with van der Waals surface area (Å²) in [4.78, 5) is 28.9. The molecule has 3 aromatic rings. The Morgan fingerprint density at radius 2 is 1.94 bits per heavy atom. The van der Waals surface area contributed by atoms with Crippen molar-refractivity contribution < 1.29 is 14.3 Å². The molecule has 6 heteroatoms. The molecule has 0 radical (unpaired) electrons. The summed E-state index contributed by atoms with van der Waals surface area (Å²) in [7, 11) is 0. The summed E-state index contributed by atoms with van der Waals surface area (Å²) in [5, 5.41) is 4.08. The minimum absolute atomic E-state index is 0.0531. The normalized spacial score (nSPS) is 23.2. The molecule has 5 rings (SSSR count). The van der Waals surface area contributed by atoms with Gasteiger partial charge in [0.25, 0.3) is 5.91 Å². The Morgan fingerprint density at radius 1 is 1.16 bits per heavy atom. The standard InChI is InChI=1S/C25H27N3O3/c1-25(24(30)26-15-20-11-7-13-31-20)17-27-21-12-6-5-10-19(21)14-22(27)23(29)28(25)16-18-8-3-2-4-9-18/h2-6,8-10,12,14,20H,7,11,13,15-17H2,1H3,(H,26,30). The molecule has 2 unspecified atom stereocenters. The van der Waals surface area contributed by atoms with Crippen molar-refractivity contribution >= 4 is 22.7 Å². The van der Waals surface area contributed by atoms with Gasteiger partial charge in [-0.1, -0.05) is 48.5 Å². The van der Waals surface area contributed by atoms with Gasteiger partial charge in [0.2, 0.25) is 5.91 Å². The molecule has 2 aliphatic heterocycles. The average Bonchev–Trinajstić information content (AvgIpc) is 3.44. The molecule has 0 saturated carbocycles. The van der Waals surface area contributed by atoms with E-state index in [-0.39, 0.29) is 17.9 Å². The fourth-order valence-electron chi connectivity index (χ4n) is 4.72. The molecule has 0 bridgehead atoms. The van der Waals surface area contributed by atoms with Gasteiger partial charge in [-0.2, -0.15) is 0 Å². The summed E-state index contributed by atoms with van der Waals surface area (Å²) >= 11 is 0. The summed E-state index contributed by atoms with van der Waals surface area (Å²) in [6.45, 7) is 3.88. The maximum absolute atomic E-state index is 13.7. The van der Waals surface area contributed by atoms with Gasteiger partial charge in [0.05, 0.1) is 12.6 Å². The van der Waals surface area contributed by atoms with Crippen LogP contribution in [0, 0.1) is 0 Å². The lowest BCUT2D eigenvalue weighted by Crippen LogP contribution is -2.64. The number of aromatic nitrogens is 1. The van der Waals surface area contributed by atoms with Gasteiger partial charge in [0.1, 0.15) is 11.2 Å². The number of ether oxygens (including phenoxy) is 1. The van der Waals surface area contributed by atoms with Gasteiger partial charge in [0.15, 0.2) is 0 Å². The van der Waals surface area contributed by atoms with Crippen LogP contribution in [-0.2, 0) is 22.6 Å². The second-order valence-corrected chi connectivity index (χ2v) is 8.67. The van der Waals surface area contributed by atoms with Gasteiger partial charge in [0, 0.05) is 30.6 Å². The number of fused-ring (bicyclic) bond motifs is 3. The SMILES string of the molecule is CC1(C(=O)NCC2CCCO2)Cn2c(cc3ccccc32)C(=O)N1Cc1ccccc1.